The summed E-state index contributed by atoms with van der Waals surface area (Å²) in [6, 6.07) is 0. The maximum absolute atomic E-state index is 10.5. The highest BCUT2D eigenvalue weighted by atomic mass is 32.2. The third-order valence-corrected chi connectivity index (χ3v) is 4.71. The van der Waals surface area contributed by atoms with Crippen LogP contribution in [0, 0.1) is 11.8 Å². The predicted octanol–water partition coefficient (Wildman–Crippen LogP) is 2.11. The molecule has 2 fully saturated rings. The first-order valence-electron chi connectivity index (χ1n) is 4.35. The van der Waals surface area contributed by atoms with Crippen molar-refractivity contribution in [3.63, 3.8) is 0 Å². The Morgan fingerprint density at radius 2 is 2.45 bits per heavy atom. The van der Waals surface area contributed by atoms with Crippen molar-refractivity contribution in [2.24, 2.45) is 11.8 Å². The van der Waals surface area contributed by atoms with E-state index in [9.17, 15) is 4.79 Å². The number of carbonyl (C=O) groups excluding carboxylic acids is 1. The van der Waals surface area contributed by atoms with Gasteiger partial charge in [-0.3, -0.25) is 0 Å². The van der Waals surface area contributed by atoms with Gasteiger partial charge in [0.25, 0.3) is 0 Å². The SMILES string of the molecule is C[C@]1([C@@H]2C[C@H]2C=O)CCCS1. The molecule has 0 aromatic rings. The van der Waals surface area contributed by atoms with E-state index in [1.807, 2.05) is 0 Å². The van der Waals surface area contributed by atoms with E-state index >= 15 is 0 Å². The van der Waals surface area contributed by atoms with Gasteiger partial charge in [-0.25, -0.2) is 0 Å². The molecule has 0 radical (unpaired) electrons. The molecule has 3 atom stereocenters. The van der Waals surface area contributed by atoms with Gasteiger partial charge in [-0.15, -0.1) is 0 Å². The van der Waals surface area contributed by atoms with Gasteiger partial charge >= 0.3 is 0 Å². The average Bonchev–Trinajstić information content (AvgIpc) is 2.70. The summed E-state index contributed by atoms with van der Waals surface area (Å²) in [6.45, 7) is 2.33. The van der Waals surface area contributed by atoms with Crippen LogP contribution in [0.25, 0.3) is 0 Å². The number of thioether (sulfide) groups is 1. The predicted molar refractivity (Wildman–Crippen MR) is 47.8 cm³/mol. The van der Waals surface area contributed by atoms with Crippen molar-refractivity contribution < 1.29 is 4.79 Å². The van der Waals surface area contributed by atoms with Crippen LogP contribution in [-0.2, 0) is 4.79 Å². The van der Waals surface area contributed by atoms with Gasteiger partial charge in [0.2, 0.25) is 0 Å². The molecule has 1 nitrogen and oxygen atoms in total. The lowest BCUT2D eigenvalue weighted by molar-refractivity contribution is -0.109. The van der Waals surface area contributed by atoms with Crippen LogP contribution in [0.1, 0.15) is 26.2 Å². The molecule has 0 unspecified atom stereocenters. The van der Waals surface area contributed by atoms with Crippen LogP contribution in [0.5, 0.6) is 0 Å². The van der Waals surface area contributed by atoms with Crippen molar-refractivity contribution in [1.82, 2.24) is 0 Å². The quantitative estimate of drug-likeness (QED) is 0.590. The molecular weight excluding hydrogens is 156 g/mol. The van der Waals surface area contributed by atoms with Crippen molar-refractivity contribution in [3.05, 3.63) is 0 Å². The van der Waals surface area contributed by atoms with Gasteiger partial charge < -0.3 is 4.79 Å². The van der Waals surface area contributed by atoms with E-state index in [4.69, 9.17) is 0 Å². The molecule has 2 aliphatic rings. The zero-order valence-corrected chi connectivity index (χ0v) is 7.69. The van der Waals surface area contributed by atoms with Crippen molar-refractivity contribution in [3.8, 4) is 0 Å². The third-order valence-electron chi connectivity index (χ3n) is 3.05. The summed E-state index contributed by atoms with van der Waals surface area (Å²) < 4.78 is 0.464. The minimum Gasteiger partial charge on any atom is -0.303 e. The van der Waals surface area contributed by atoms with Crippen LogP contribution < -0.4 is 0 Å². The van der Waals surface area contributed by atoms with Crippen molar-refractivity contribution in [1.29, 1.82) is 0 Å². The first-order chi connectivity index (χ1) is 5.26. The fourth-order valence-electron chi connectivity index (χ4n) is 2.16. The zero-order chi connectivity index (χ0) is 7.90. The monoisotopic (exact) mass is 170 g/mol. The largest absolute Gasteiger partial charge is 0.303 e. The molecule has 1 heterocycles. The normalized spacial score (nSPS) is 49.2. The minimum atomic E-state index is 0.408. The van der Waals surface area contributed by atoms with Gasteiger partial charge in [-0.05, 0) is 30.9 Å². The van der Waals surface area contributed by atoms with Crippen LogP contribution in [0.2, 0.25) is 0 Å². The number of carbonyl (C=O) groups is 1. The second-order valence-corrected chi connectivity index (χ2v) is 5.54. The Labute approximate surface area is 71.9 Å². The third kappa shape index (κ3) is 1.22. The van der Waals surface area contributed by atoms with Gasteiger partial charge in [0, 0.05) is 10.7 Å². The average molecular weight is 170 g/mol. The summed E-state index contributed by atoms with van der Waals surface area (Å²) in [6.07, 6.45) is 4.98. The Bertz CT molecular complexity index is 172. The molecule has 1 aliphatic heterocycles. The molecule has 0 bridgehead atoms. The molecule has 2 rings (SSSR count). The molecule has 0 N–H and O–H groups in total. The zero-order valence-electron chi connectivity index (χ0n) is 6.88. The van der Waals surface area contributed by atoms with Crippen molar-refractivity contribution in [2.45, 2.75) is 30.9 Å². The van der Waals surface area contributed by atoms with Crippen LogP contribution in [0.15, 0.2) is 0 Å². The van der Waals surface area contributed by atoms with E-state index in [-0.39, 0.29) is 0 Å². The van der Waals surface area contributed by atoms with Gasteiger partial charge in [0.05, 0.1) is 0 Å². The summed E-state index contributed by atoms with van der Waals surface area (Å²) >= 11 is 2.08. The van der Waals surface area contributed by atoms with Gasteiger partial charge in [0.1, 0.15) is 6.29 Å². The van der Waals surface area contributed by atoms with Crippen molar-refractivity contribution >= 4 is 18.0 Å². The van der Waals surface area contributed by atoms with E-state index < -0.39 is 0 Å². The Morgan fingerprint density at radius 3 is 2.91 bits per heavy atom. The summed E-state index contributed by atoms with van der Waals surface area (Å²) in [5, 5.41) is 0. The van der Waals surface area contributed by atoms with E-state index in [2.05, 4.69) is 18.7 Å². The highest BCUT2D eigenvalue weighted by molar-refractivity contribution is 8.00. The van der Waals surface area contributed by atoms with Crippen LogP contribution in [0.3, 0.4) is 0 Å². The first kappa shape index (κ1) is 7.66. The Balaban J connectivity index is 1.99. The van der Waals surface area contributed by atoms with Crippen LogP contribution in [-0.4, -0.2) is 16.8 Å². The number of hydrogen-bond acceptors (Lipinski definition) is 2. The molecule has 1 aliphatic carbocycles. The summed E-state index contributed by atoms with van der Waals surface area (Å²) in [5.74, 6) is 2.43. The van der Waals surface area contributed by atoms with Crippen molar-refractivity contribution in [2.75, 3.05) is 5.75 Å². The maximum Gasteiger partial charge on any atom is 0.123 e. The second kappa shape index (κ2) is 2.51. The molecule has 0 amide bonds. The minimum absolute atomic E-state index is 0.408. The maximum atomic E-state index is 10.5. The van der Waals surface area contributed by atoms with E-state index in [0.29, 0.717) is 16.6 Å². The smallest absolute Gasteiger partial charge is 0.123 e. The molecule has 11 heavy (non-hydrogen) atoms. The second-order valence-electron chi connectivity index (χ2n) is 3.91. The van der Waals surface area contributed by atoms with Crippen LogP contribution >= 0.6 is 11.8 Å². The first-order valence-corrected chi connectivity index (χ1v) is 5.34. The van der Waals surface area contributed by atoms with Crippen LogP contribution in [0.4, 0.5) is 0 Å². The molecule has 0 spiro atoms. The summed E-state index contributed by atoms with van der Waals surface area (Å²) in [4.78, 5) is 10.5. The van der Waals surface area contributed by atoms with Gasteiger partial charge in [0.15, 0.2) is 0 Å². The summed E-state index contributed by atoms with van der Waals surface area (Å²) in [5.41, 5.74) is 0. The summed E-state index contributed by atoms with van der Waals surface area (Å²) in [7, 11) is 0. The number of aldehydes is 1. The number of hydrogen-bond donors (Lipinski definition) is 0. The highest BCUT2D eigenvalue weighted by Crippen LogP contribution is 2.56. The number of rotatable bonds is 2. The molecule has 0 aromatic heterocycles. The molecule has 62 valence electrons. The van der Waals surface area contributed by atoms with E-state index in [1.165, 1.54) is 18.6 Å². The standard InChI is InChI=1S/C9H14OS/c1-9(3-2-4-11-9)8-5-7(8)6-10/h6-8H,2-5H2,1H3/t7-,8+,9+/m0/s1. The lowest BCUT2D eigenvalue weighted by Gasteiger charge is -2.21. The van der Waals surface area contributed by atoms with Gasteiger partial charge in [-0.1, -0.05) is 6.92 Å². The van der Waals surface area contributed by atoms with E-state index in [1.54, 1.807) is 0 Å². The molecular formula is C9H14OS. The molecule has 1 saturated heterocycles. The lowest BCUT2D eigenvalue weighted by atomic mass is 9.98. The molecule has 0 aromatic carbocycles. The fraction of sp³-hybridized carbons (Fsp3) is 0.889. The molecule has 2 heteroatoms. The van der Waals surface area contributed by atoms with Gasteiger partial charge in [-0.2, -0.15) is 11.8 Å². The Morgan fingerprint density at radius 1 is 1.64 bits per heavy atom. The Hall–Kier alpha value is 0.0200. The van der Waals surface area contributed by atoms with E-state index in [0.717, 1.165) is 12.7 Å². The molecule has 1 saturated carbocycles. The fourth-order valence-corrected chi connectivity index (χ4v) is 3.69. The topological polar surface area (TPSA) is 17.1 Å². The Kier molecular flexibility index (Phi) is 1.75. The lowest BCUT2D eigenvalue weighted by Crippen LogP contribution is -2.19. The highest BCUT2D eigenvalue weighted by Gasteiger charge is 2.51.